The number of aryl methyl sites for hydroxylation is 1. The summed E-state index contributed by atoms with van der Waals surface area (Å²) in [6, 6.07) is 5.55. The summed E-state index contributed by atoms with van der Waals surface area (Å²) < 4.78 is 0. The highest BCUT2D eigenvalue weighted by Gasteiger charge is 2.28. The number of carbonyl (C=O) groups is 2. The number of nitrogens with two attached hydrogens (primary N) is 1. The second-order valence-electron chi connectivity index (χ2n) is 4.50. The van der Waals surface area contributed by atoms with Crippen molar-refractivity contribution >= 4 is 17.5 Å². The number of imide groups is 1. The van der Waals surface area contributed by atoms with Crippen molar-refractivity contribution in [1.29, 1.82) is 0 Å². The van der Waals surface area contributed by atoms with Crippen LogP contribution in [0.5, 0.6) is 0 Å². The van der Waals surface area contributed by atoms with E-state index in [-0.39, 0.29) is 18.4 Å². The third-order valence-corrected chi connectivity index (χ3v) is 3.00. The van der Waals surface area contributed by atoms with Crippen molar-refractivity contribution in [1.82, 2.24) is 0 Å². The highest BCUT2D eigenvalue weighted by Crippen LogP contribution is 2.26. The fourth-order valence-electron chi connectivity index (χ4n) is 2.10. The lowest BCUT2D eigenvalue weighted by Gasteiger charge is -2.26. The topological polar surface area (TPSA) is 63.4 Å². The van der Waals surface area contributed by atoms with Gasteiger partial charge in [-0.15, -0.1) is 0 Å². The van der Waals surface area contributed by atoms with Gasteiger partial charge in [0, 0.05) is 18.4 Å². The molecule has 1 heterocycles. The molecule has 1 aliphatic rings. The average molecular weight is 256 g/mol. The van der Waals surface area contributed by atoms with E-state index in [0.29, 0.717) is 30.5 Å². The zero-order valence-electron chi connectivity index (χ0n) is 10.9. The lowest BCUT2D eigenvalue weighted by Crippen LogP contribution is -2.40. The first kappa shape index (κ1) is 13.3. The van der Waals surface area contributed by atoms with Crippen molar-refractivity contribution in [3.8, 4) is 11.8 Å². The Kier molecular flexibility index (Phi) is 3.98. The molecular weight excluding hydrogens is 240 g/mol. The van der Waals surface area contributed by atoms with Crippen molar-refractivity contribution < 1.29 is 9.59 Å². The van der Waals surface area contributed by atoms with Crippen molar-refractivity contribution in [2.75, 3.05) is 11.4 Å². The van der Waals surface area contributed by atoms with Gasteiger partial charge < -0.3 is 5.73 Å². The molecule has 0 saturated carbocycles. The molecule has 0 aromatic heterocycles. The number of piperidine rings is 1. The molecule has 1 aromatic rings. The van der Waals surface area contributed by atoms with Crippen LogP contribution in [-0.4, -0.2) is 18.4 Å². The van der Waals surface area contributed by atoms with Crippen LogP contribution in [-0.2, 0) is 9.59 Å². The molecule has 2 rings (SSSR count). The van der Waals surface area contributed by atoms with Gasteiger partial charge in [0.05, 0.1) is 12.2 Å². The number of amides is 2. The number of hydrogen-bond donors (Lipinski definition) is 1. The molecule has 4 heteroatoms. The second kappa shape index (κ2) is 5.68. The first-order valence-corrected chi connectivity index (χ1v) is 6.29. The van der Waals surface area contributed by atoms with Gasteiger partial charge >= 0.3 is 0 Å². The molecule has 0 radical (unpaired) electrons. The summed E-state index contributed by atoms with van der Waals surface area (Å²) in [5.41, 5.74) is 7.60. The van der Waals surface area contributed by atoms with Gasteiger partial charge in [0.15, 0.2) is 0 Å². The Morgan fingerprint density at radius 1 is 1.26 bits per heavy atom. The SMILES string of the molecule is Cc1ccc(C#CCN)c(N2C(=O)CCCC2=O)c1. The van der Waals surface area contributed by atoms with Crippen LogP contribution in [0.4, 0.5) is 5.69 Å². The molecular formula is C15H16N2O2. The molecule has 1 saturated heterocycles. The van der Waals surface area contributed by atoms with Crippen molar-refractivity contribution in [2.45, 2.75) is 26.2 Å². The lowest BCUT2D eigenvalue weighted by molar-refractivity contribution is -0.129. The van der Waals surface area contributed by atoms with Crippen LogP contribution < -0.4 is 10.6 Å². The predicted octanol–water partition coefficient (Wildman–Crippen LogP) is 1.35. The molecule has 98 valence electrons. The maximum atomic E-state index is 12.0. The molecule has 4 nitrogen and oxygen atoms in total. The summed E-state index contributed by atoms with van der Waals surface area (Å²) in [6.07, 6.45) is 1.44. The maximum Gasteiger partial charge on any atom is 0.233 e. The molecule has 2 amide bonds. The van der Waals surface area contributed by atoms with Gasteiger partial charge in [-0.05, 0) is 31.0 Å². The summed E-state index contributed by atoms with van der Waals surface area (Å²) >= 11 is 0. The molecule has 0 spiro atoms. The van der Waals surface area contributed by atoms with Gasteiger partial charge in [-0.25, -0.2) is 4.90 Å². The monoisotopic (exact) mass is 256 g/mol. The van der Waals surface area contributed by atoms with E-state index in [2.05, 4.69) is 11.8 Å². The van der Waals surface area contributed by atoms with Gasteiger partial charge in [0.1, 0.15) is 0 Å². The summed E-state index contributed by atoms with van der Waals surface area (Å²) in [5.74, 6) is 5.37. The summed E-state index contributed by atoms with van der Waals surface area (Å²) in [7, 11) is 0. The van der Waals surface area contributed by atoms with Crippen LogP contribution >= 0.6 is 0 Å². The molecule has 0 atom stereocenters. The van der Waals surface area contributed by atoms with Crippen molar-refractivity contribution in [3.63, 3.8) is 0 Å². The standard InChI is InChI=1S/C15H16N2O2/c1-11-7-8-12(4-3-9-16)13(10-11)17-14(18)5-2-6-15(17)19/h7-8,10H,2,5-6,9,16H2,1H3. The van der Waals surface area contributed by atoms with Crippen molar-refractivity contribution in [2.24, 2.45) is 5.73 Å². The van der Waals surface area contributed by atoms with E-state index in [9.17, 15) is 9.59 Å². The molecule has 2 N–H and O–H groups in total. The summed E-state index contributed by atoms with van der Waals surface area (Å²) in [4.78, 5) is 25.2. The van der Waals surface area contributed by atoms with Crippen molar-refractivity contribution in [3.05, 3.63) is 29.3 Å². The Morgan fingerprint density at radius 3 is 2.58 bits per heavy atom. The van der Waals surface area contributed by atoms with E-state index >= 15 is 0 Å². The molecule has 0 aliphatic carbocycles. The third kappa shape index (κ3) is 2.83. The highest BCUT2D eigenvalue weighted by molar-refractivity contribution is 6.17. The Morgan fingerprint density at radius 2 is 1.95 bits per heavy atom. The number of nitrogens with zero attached hydrogens (tertiary/aromatic N) is 1. The van der Waals surface area contributed by atoms with Crippen LogP contribution in [0, 0.1) is 18.8 Å². The predicted molar refractivity (Wildman–Crippen MR) is 73.5 cm³/mol. The van der Waals surface area contributed by atoms with Crippen LogP contribution in [0.25, 0.3) is 0 Å². The van der Waals surface area contributed by atoms with Gasteiger partial charge in [0.2, 0.25) is 11.8 Å². The Hall–Kier alpha value is -2.12. The minimum atomic E-state index is -0.155. The number of carbonyl (C=O) groups excluding carboxylic acids is 2. The maximum absolute atomic E-state index is 12.0. The minimum Gasteiger partial charge on any atom is -0.320 e. The van der Waals surface area contributed by atoms with Crippen LogP contribution in [0.15, 0.2) is 18.2 Å². The van der Waals surface area contributed by atoms with Crippen LogP contribution in [0.1, 0.15) is 30.4 Å². The van der Waals surface area contributed by atoms with E-state index in [4.69, 9.17) is 5.73 Å². The van der Waals surface area contributed by atoms with E-state index in [1.165, 1.54) is 4.90 Å². The van der Waals surface area contributed by atoms with Gasteiger partial charge in [-0.2, -0.15) is 0 Å². The fraction of sp³-hybridized carbons (Fsp3) is 0.333. The zero-order chi connectivity index (χ0) is 13.8. The Balaban J connectivity index is 2.49. The normalized spacial score (nSPS) is 15.2. The van der Waals surface area contributed by atoms with Gasteiger partial charge in [0.25, 0.3) is 0 Å². The first-order chi connectivity index (χ1) is 9.13. The lowest BCUT2D eigenvalue weighted by atomic mass is 10.0. The molecule has 19 heavy (non-hydrogen) atoms. The van der Waals surface area contributed by atoms with E-state index < -0.39 is 0 Å². The average Bonchev–Trinajstić information content (AvgIpc) is 2.37. The third-order valence-electron chi connectivity index (χ3n) is 3.00. The van der Waals surface area contributed by atoms with Gasteiger partial charge in [-0.3, -0.25) is 9.59 Å². The Bertz CT molecular complexity index is 566. The quantitative estimate of drug-likeness (QED) is 0.609. The molecule has 1 aliphatic heterocycles. The fourth-order valence-corrected chi connectivity index (χ4v) is 2.10. The summed E-state index contributed by atoms with van der Waals surface area (Å²) in [5, 5.41) is 0. The second-order valence-corrected chi connectivity index (χ2v) is 4.50. The minimum absolute atomic E-state index is 0.155. The number of rotatable bonds is 1. The zero-order valence-corrected chi connectivity index (χ0v) is 10.9. The van der Waals surface area contributed by atoms with Crippen LogP contribution in [0.2, 0.25) is 0 Å². The largest absolute Gasteiger partial charge is 0.320 e. The van der Waals surface area contributed by atoms with Gasteiger partial charge in [-0.1, -0.05) is 17.9 Å². The molecule has 1 aromatic carbocycles. The molecule has 0 unspecified atom stereocenters. The molecule has 0 bridgehead atoms. The van der Waals surface area contributed by atoms with E-state index in [0.717, 1.165) is 5.56 Å². The van der Waals surface area contributed by atoms with E-state index in [1.54, 1.807) is 0 Å². The smallest absolute Gasteiger partial charge is 0.233 e. The molecule has 1 fully saturated rings. The van der Waals surface area contributed by atoms with E-state index in [1.807, 2.05) is 25.1 Å². The van der Waals surface area contributed by atoms with Crippen LogP contribution in [0.3, 0.4) is 0 Å². The number of benzene rings is 1. The number of hydrogen-bond acceptors (Lipinski definition) is 3. The summed E-state index contributed by atoms with van der Waals surface area (Å²) in [6.45, 7) is 2.16. The number of anilines is 1. The Labute approximate surface area is 112 Å². The first-order valence-electron chi connectivity index (χ1n) is 6.29. The highest BCUT2D eigenvalue weighted by atomic mass is 16.2.